The van der Waals surface area contributed by atoms with E-state index in [1.807, 2.05) is 0 Å². The zero-order valence-corrected chi connectivity index (χ0v) is 14.4. The molecule has 2 rings (SSSR count). The molecule has 0 heterocycles. The Kier molecular flexibility index (Phi) is 5.97. The first-order valence-electron chi connectivity index (χ1n) is 7.67. The number of carbonyl (C=O) groups is 1. The molecule has 8 heteroatoms. The smallest absolute Gasteiger partial charge is 0.416 e. The molecule has 1 amide bonds. The molecule has 0 atom stereocenters. The average Bonchev–Trinajstić information content (AvgIpc) is 2.61. The van der Waals surface area contributed by atoms with Gasteiger partial charge in [-0.1, -0.05) is 0 Å². The number of anilines is 1. The summed E-state index contributed by atoms with van der Waals surface area (Å²) in [5.74, 6) is 0.299. The van der Waals surface area contributed by atoms with E-state index in [0.29, 0.717) is 11.5 Å². The first-order chi connectivity index (χ1) is 12.3. The van der Waals surface area contributed by atoms with Crippen LogP contribution in [0.15, 0.2) is 36.4 Å². The highest BCUT2D eigenvalue weighted by molar-refractivity contribution is 6.05. The highest BCUT2D eigenvalue weighted by atomic mass is 19.4. The molecule has 0 unspecified atom stereocenters. The van der Waals surface area contributed by atoms with Gasteiger partial charge in [0.2, 0.25) is 0 Å². The van der Waals surface area contributed by atoms with Crippen molar-refractivity contribution in [1.82, 2.24) is 0 Å². The van der Waals surface area contributed by atoms with Gasteiger partial charge in [0.1, 0.15) is 5.75 Å². The van der Waals surface area contributed by atoms with E-state index in [9.17, 15) is 18.0 Å². The van der Waals surface area contributed by atoms with E-state index >= 15 is 0 Å². The maximum atomic E-state index is 12.9. The third-order valence-electron chi connectivity index (χ3n) is 3.50. The van der Waals surface area contributed by atoms with Crippen LogP contribution in [0.25, 0.3) is 0 Å². The van der Waals surface area contributed by atoms with Crippen molar-refractivity contribution in [3.8, 4) is 17.2 Å². The quantitative estimate of drug-likeness (QED) is 0.821. The molecule has 140 valence electrons. The Morgan fingerprint density at radius 1 is 1.00 bits per heavy atom. The second-order valence-electron chi connectivity index (χ2n) is 5.17. The summed E-state index contributed by atoms with van der Waals surface area (Å²) in [4.78, 5) is 12.5. The Morgan fingerprint density at radius 2 is 1.65 bits per heavy atom. The second-order valence-corrected chi connectivity index (χ2v) is 5.17. The molecular weight excluding hydrogens is 351 g/mol. The molecule has 26 heavy (non-hydrogen) atoms. The number of amides is 1. The van der Waals surface area contributed by atoms with Crippen LogP contribution in [-0.4, -0.2) is 26.7 Å². The minimum Gasteiger partial charge on any atom is -0.493 e. The Bertz CT molecular complexity index is 790. The molecule has 0 radical (unpaired) electrons. The van der Waals surface area contributed by atoms with E-state index in [1.165, 1.54) is 38.5 Å². The monoisotopic (exact) mass is 369 g/mol. The van der Waals surface area contributed by atoms with Crippen LogP contribution in [0.5, 0.6) is 17.2 Å². The summed E-state index contributed by atoms with van der Waals surface area (Å²) in [7, 11) is 2.87. The lowest BCUT2D eigenvalue weighted by Gasteiger charge is -2.15. The molecule has 0 aliphatic rings. The molecule has 0 spiro atoms. The van der Waals surface area contributed by atoms with E-state index in [-0.39, 0.29) is 23.6 Å². The van der Waals surface area contributed by atoms with Gasteiger partial charge in [0.25, 0.3) is 5.91 Å². The largest absolute Gasteiger partial charge is 0.493 e. The minimum absolute atomic E-state index is 0.0681. The summed E-state index contributed by atoms with van der Waals surface area (Å²) in [6.45, 7) is 1.93. The van der Waals surface area contributed by atoms with E-state index in [0.717, 1.165) is 12.1 Å². The lowest BCUT2D eigenvalue weighted by molar-refractivity contribution is -0.137. The van der Waals surface area contributed by atoms with Crippen molar-refractivity contribution in [3.63, 3.8) is 0 Å². The molecule has 0 saturated heterocycles. The van der Waals surface area contributed by atoms with Crippen molar-refractivity contribution in [2.75, 3.05) is 26.1 Å². The zero-order chi connectivity index (χ0) is 19.3. The number of nitrogens with one attached hydrogen (secondary N) is 1. The molecule has 0 saturated carbocycles. The van der Waals surface area contributed by atoms with Gasteiger partial charge in [0, 0.05) is 5.56 Å². The number of alkyl halides is 3. The molecular formula is C18H18F3NO4. The second kappa shape index (κ2) is 7.99. The van der Waals surface area contributed by atoms with Crippen LogP contribution >= 0.6 is 0 Å². The summed E-state index contributed by atoms with van der Waals surface area (Å²) in [6.07, 6.45) is -4.53. The Labute approximate surface area is 148 Å². The topological polar surface area (TPSA) is 56.8 Å². The summed E-state index contributed by atoms with van der Waals surface area (Å²) in [6, 6.07) is 7.35. The van der Waals surface area contributed by atoms with Gasteiger partial charge in [-0.05, 0) is 43.3 Å². The van der Waals surface area contributed by atoms with Crippen molar-refractivity contribution in [1.29, 1.82) is 0 Å². The number of ether oxygens (including phenoxy) is 3. The molecule has 5 nitrogen and oxygen atoms in total. The Balaban J connectivity index is 2.35. The van der Waals surface area contributed by atoms with Crippen LogP contribution in [0.3, 0.4) is 0 Å². The van der Waals surface area contributed by atoms with Crippen LogP contribution in [0.2, 0.25) is 0 Å². The molecule has 1 N–H and O–H groups in total. The third-order valence-corrected chi connectivity index (χ3v) is 3.50. The van der Waals surface area contributed by atoms with Crippen molar-refractivity contribution in [3.05, 3.63) is 47.5 Å². The van der Waals surface area contributed by atoms with Crippen LogP contribution in [-0.2, 0) is 6.18 Å². The standard InChI is InChI=1S/C18H18F3NO4/c1-4-26-14-8-6-12(18(19,20)21)10-13(14)22-17(23)11-5-7-15(24-2)16(9-11)25-3/h5-10H,4H2,1-3H3,(H,22,23). The van der Waals surface area contributed by atoms with Gasteiger partial charge < -0.3 is 19.5 Å². The molecule has 0 bridgehead atoms. The number of methoxy groups -OCH3 is 2. The fourth-order valence-electron chi connectivity index (χ4n) is 2.26. The van der Waals surface area contributed by atoms with Crippen LogP contribution in [0, 0.1) is 0 Å². The predicted molar refractivity (Wildman–Crippen MR) is 90.1 cm³/mol. The van der Waals surface area contributed by atoms with Gasteiger partial charge >= 0.3 is 6.18 Å². The lowest BCUT2D eigenvalue weighted by atomic mass is 10.1. The Hall–Kier alpha value is -2.90. The molecule has 2 aromatic carbocycles. The maximum absolute atomic E-state index is 12.9. The lowest BCUT2D eigenvalue weighted by Crippen LogP contribution is -2.14. The molecule has 0 aliphatic heterocycles. The number of halogens is 3. The van der Waals surface area contributed by atoms with Crippen molar-refractivity contribution >= 4 is 11.6 Å². The highest BCUT2D eigenvalue weighted by Gasteiger charge is 2.31. The number of rotatable bonds is 6. The maximum Gasteiger partial charge on any atom is 0.416 e. The minimum atomic E-state index is -4.53. The fourth-order valence-corrected chi connectivity index (χ4v) is 2.26. The number of hydrogen-bond acceptors (Lipinski definition) is 4. The fraction of sp³-hybridized carbons (Fsp3) is 0.278. The van der Waals surface area contributed by atoms with Gasteiger partial charge in [-0.2, -0.15) is 13.2 Å². The van der Waals surface area contributed by atoms with Crippen LogP contribution in [0.1, 0.15) is 22.8 Å². The van der Waals surface area contributed by atoms with Crippen molar-refractivity contribution < 1.29 is 32.2 Å². The molecule has 0 aliphatic carbocycles. The van der Waals surface area contributed by atoms with E-state index < -0.39 is 17.6 Å². The molecule has 0 fully saturated rings. The molecule has 0 aromatic heterocycles. The predicted octanol–water partition coefficient (Wildman–Crippen LogP) is 4.37. The average molecular weight is 369 g/mol. The zero-order valence-electron chi connectivity index (χ0n) is 14.4. The summed E-state index contributed by atoms with van der Waals surface area (Å²) >= 11 is 0. The van der Waals surface area contributed by atoms with Gasteiger partial charge in [-0.15, -0.1) is 0 Å². The first-order valence-corrected chi connectivity index (χ1v) is 7.67. The summed E-state index contributed by atoms with van der Waals surface area (Å²) in [5, 5.41) is 2.45. The highest BCUT2D eigenvalue weighted by Crippen LogP contribution is 2.35. The van der Waals surface area contributed by atoms with Gasteiger partial charge in [-0.3, -0.25) is 4.79 Å². The van der Waals surface area contributed by atoms with E-state index in [2.05, 4.69) is 5.32 Å². The number of benzene rings is 2. The van der Waals surface area contributed by atoms with Crippen LogP contribution < -0.4 is 19.5 Å². The molecule has 2 aromatic rings. The third kappa shape index (κ3) is 4.38. The van der Waals surface area contributed by atoms with Gasteiger partial charge in [-0.25, -0.2) is 0 Å². The number of carbonyl (C=O) groups excluding carboxylic acids is 1. The van der Waals surface area contributed by atoms with Gasteiger partial charge in [0.15, 0.2) is 11.5 Å². The van der Waals surface area contributed by atoms with Gasteiger partial charge in [0.05, 0.1) is 32.1 Å². The van der Waals surface area contributed by atoms with Crippen LogP contribution in [0.4, 0.5) is 18.9 Å². The van der Waals surface area contributed by atoms with Crippen molar-refractivity contribution in [2.24, 2.45) is 0 Å². The number of hydrogen-bond donors (Lipinski definition) is 1. The van der Waals surface area contributed by atoms with E-state index in [4.69, 9.17) is 14.2 Å². The first kappa shape index (κ1) is 19.4. The SMILES string of the molecule is CCOc1ccc(C(F)(F)F)cc1NC(=O)c1ccc(OC)c(OC)c1. The van der Waals surface area contributed by atoms with E-state index in [1.54, 1.807) is 6.92 Å². The summed E-state index contributed by atoms with van der Waals surface area (Å²) in [5.41, 5.74) is -0.757. The summed E-state index contributed by atoms with van der Waals surface area (Å²) < 4.78 is 54.3. The van der Waals surface area contributed by atoms with Crippen molar-refractivity contribution in [2.45, 2.75) is 13.1 Å². The Morgan fingerprint density at radius 3 is 2.23 bits per heavy atom. The normalized spacial score (nSPS) is 11.0.